The van der Waals surface area contributed by atoms with Crippen molar-refractivity contribution in [1.82, 2.24) is 15.5 Å². The lowest BCUT2D eigenvalue weighted by Crippen LogP contribution is -2.54. The fourth-order valence-corrected chi connectivity index (χ4v) is 2.23. The number of ether oxygens (including phenoxy) is 2. The van der Waals surface area contributed by atoms with E-state index in [0.29, 0.717) is 23.4 Å². The number of para-hydroxylation sites is 1. The molecule has 7 nitrogen and oxygen atoms in total. The quantitative estimate of drug-likeness (QED) is 0.697. The number of hydrogen-bond acceptors (Lipinski definition) is 7. The van der Waals surface area contributed by atoms with Gasteiger partial charge in [-0.2, -0.15) is 4.98 Å². The summed E-state index contributed by atoms with van der Waals surface area (Å²) in [7, 11) is 1.35. The van der Waals surface area contributed by atoms with Gasteiger partial charge in [-0.25, -0.2) is 4.79 Å². The van der Waals surface area contributed by atoms with Crippen LogP contribution in [0.15, 0.2) is 34.9 Å². The number of nitrogens with one attached hydrogen (secondary N) is 1. The van der Waals surface area contributed by atoms with Crippen molar-refractivity contribution < 1.29 is 18.8 Å². The number of benzene rings is 1. The van der Waals surface area contributed by atoms with Crippen LogP contribution in [0.25, 0.3) is 0 Å². The normalized spacial score (nSPS) is 13.5. The monoisotopic (exact) mass is 347 g/mol. The van der Waals surface area contributed by atoms with Gasteiger partial charge in [-0.1, -0.05) is 37.2 Å². The molecular weight excluding hydrogens is 322 g/mol. The summed E-state index contributed by atoms with van der Waals surface area (Å²) in [5, 5.41) is 7.05. The minimum absolute atomic E-state index is 0.108. The number of methoxy groups -OCH3 is 1. The van der Waals surface area contributed by atoms with Gasteiger partial charge < -0.3 is 14.0 Å². The predicted molar refractivity (Wildman–Crippen MR) is 92.0 cm³/mol. The molecule has 0 radical (unpaired) electrons. The summed E-state index contributed by atoms with van der Waals surface area (Å²) in [5.41, 5.74) is -1.04. The van der Waals surface area contributed by atoms with Crippen molar-refractivity contribution in [1.29, 1.82) is 0 Å². The Kier molecular flexibility index (Phi) is 6.52. The zero-order valence-electron chi connectivity index (χ0n) is 15.1. The Balaban J connectivity index is 1.99. The van der Waals surface area contributed by atoms with Crippen molar-refractivity contribution in [2.75, 3.05) is 13.7 Å². The summed E-state index contributed by atoms with van der Waals surface area (Å²) in [5.74, 6) is 1.78. The molecule has 1 aromatic carbocycles. The molecule has 2 aromatic rings. The smallest absolute Gasteiger partial charge is 0.329 e. The molecule has 1 atom stereocenters. The third-order valence-corrected chi connectivity index (χ3v) is 3.64. The van der Waals surface area contributed by atoms with Gasteiger partial charge in [-0.3, -0.25) is 5.32 Å². The van der Waals surface area contributed by atoms with Crippen LogP contribution >= 0.6 is 0 Å². The molecular formula is C18H25N3O4. The average Bonchev–Trinajstić information content (AvgIpc) is 3.05. The lowest BCUT2D eigenvalue weighted by atomic mass is 10.0. The maximum absolute atomic E-state index is 12.2. The van der Waals surface area contributed by atoms with Crippen LogP contribution in [-0.2, 0) is 22.5 Å². The molecule has 0 aliphatic carbocycles. The Morgan fingerprint density at radius 1 is 1.32 bits per heavy atom. The first-order valence-corrected chi connectivity index (χ1v) is 8.25. The first-order chi connectivity index (χ1) is 11.9. The highest BCUT2D eigenvalue weighted by molar-refractivity contribution is 5.80. The summed E-state index contributed by atoms with van der Waals surface area (Å²) in [6.07, 6.45) is 0.745. The van der Waals surface area contributed by atoms with Crippen LogP contribution in [0.5, 0.6) is 5.75 Å². The van der Waals surface area contributed by atoms with Gasteiger partial charge >= 0.3 is 5.97 Å². The molecule has 25 heavy (non-hydrogen) atoms. The molecule has 0 aliphatic heterocycles. The molecule has 0 fully saturated rings. The molecule has 2 rings (SSSR count). The number of hydrogen-bond donors (Lipinski definition) is 1. The third-order valence-electron chi connectivity index (χ3n) is 3.64. The standard InChI is InChI=1S/C18H25N3O4/c1-13(2)10-15-20-16(25-21-15)11-19-18(3,17(22)23-4)12-24-14-8-6-5-7-9-14/h5-9,13,19H,10-12H2,1-4H3. The number of carbonyl (C=O) groups is 1. The highest BCUT2D eigenvalue weighted by Gasteiger charge is 2.35. The molecule has 1 aromatic heterocycles. The Morgan fingerprint density at radius 3 is 2.68 bits per heavy atom. The second kappa shape index (κ2) is 8.62. The van der Waals surface area contributed by atoms with E-state index in [-0.39, 0.29) is 13.2 Å². The van der Waals surface area contributed by atoms with E-state index in [4.69, 9.17) is 14.0 Å². The molecule has 1 heterocycles. The van der Waals surface area contributed by atoms with Crippen molar-refractivity contribution in [3.05, 3.63) is 42.0 Å². The van der Waals surface area contributed by atoms with E-state index < -0.39 is 11.5 Å². The molecule has 1 N–H and O–H groups in total. The van der Waals surface area contributed by atoms with E-state index in [1.807, 2.05) is 30.3 Å². The summed E-state index contributed by atoms with van der Waals surface area (Å²) < 4.78 is 15.8. The Labute approximate surface area is 147 Å². The maximum atomic E-state index is 12.2. The van der Waals surface area contributed by atoms with Gasteiger partial charge in [0, 0.05) is 6.42 Å². The van der Waals surface area contributed by atoms with Crippen LogP contribution in [0.4, 0.5) is 0 Å². The van der Waals surface area contributed by atoms with Crippen molar-refractivity contribution in [2.24, 2.45) is 5.92 Å². The van der Waals surface area contributed by atoms with E-state index >= 15 is 0 Å². The largest absolute Gasteiger partial charge is 0.491 e. The van der Waals surface area contributed by atoms with Gasteiger partial charge in [0.2, 0.25) is 5.89 Å². The molecule has 0 amide bonds. The molecule has 1 unspecified atom stereocenters. The van der Waals surface area contributed by atoms with E-state index in [1.165, 1.54) is 7.11 Å². The van der Waals surface area contributed by atoms with Crippen molar-refractivity contribution >= 4 is 5.97 Å². The minimum Gasteiger partial charge on any atom is -0.491 e. The van der Waals surface area contributed by atoms with Crippen molar-refractivity contribution in [3.8, 4) is 5.75 Å². The minimum atomic E-state index is -1.04. The fourth-order valence-electron chi connectivity index (χ4n) is 2.23. The highest BCUT2D eigenvalue weighted by atomic mass is 16.5. The lowest BCUT2D eigenvalue weighted by Gasteiger charge is -2.27. The number of carbonyl (C=O) groups excluding carboxylic acids is 1. The summed E-state index contributed by atoms with van der Waals surface area (Å²) >= 11 is 0. The number of nitrogens with zero attached hydrogens (tertiary/aromatic N) is 2. The molecule has 0 saturated heterocycles. The molecule has 7 heteroatoms. The predicted octanol–water partition coefficient (Wildman–Crippen LogP) is 2.37. The SMILES string of the molecule is COC(=O)C(C)(COc1ccccc1)NCc1nc(CC(C)C)no1. The van der Waals surface area contributed by atoms with Crippen LogP contribution in [0.2, 0.25) is 0 Å². The first-order valence-electron chi connectivity index (χ1n) is 8.25. The van der Waals surface area contributed by atoms with Gasteiger partial charge in [0.25, 0.3) is 0 Å². The molecule has 136 valence electrons. The Bertz CT molecular complexity index is 672. The van der Waals surface area contributed by atoms with E-state index in [0.717, 1.165) is 6.42 Å². The maximum Gasteiger partial charge on any atom is 0.329 e. The topological polar surface area (TPSA) is 86.5 Å². The van der Waals surface area contributed by atoms with Crippen LogP contribution in [-0.4, -0.2) is 35.4 Å². The van der Waals surface area contributed by atoms with E-state index in [1.54, 1.807) is 6.92 Å². The van der Waals surface area contributed by atoms with E-state index in [2.05, 4.69) is 29.3 Å². The fraction of sp³-hybridized carbons (Fsp3) is 0.500. The van der Waals surface area contributed by atoms with Crippen molar-refractivity contribution in [3.63, 3.8) is 0 Å². The van der Waals surface area contributed by atoms with Crippen LogP contribution in [0.3, 0.4) is 0 Å². The van der Waals surface area contributed by atoms with Crippen LogP contribution in [0, 0.1) is 5.92 Å². The molecule has 0 saturated carbocycles. The zero-order chi connectivity index (χ0) is 18.3. The second-order valence-corrected chi connectivity index (χ2v) is 6.48. The summed E-state index contributed by atoms with van der Waals surface area (Å²) in [6, 6.07) is 9.29. The van der Waals surface area contributed by atoms with Gasteiger partial charge in [-0.15, -0.1) is 0 Å². The van der Waals surface area contributed by atoms with Crippen molar-refractivity contribution in [2.45, 2.75) is 39.3 Å². The number of aromatic nitrogens is 2. The van der Waals surface area contributed by atoms with E-state index in [9.17, 15) is 4.79 Å². The Morgan fingerprint density at radius 2 is 2.04 bits per heavy atom. The third kappa shape index (κ3) is 5.56. The number of esters is 1. The second-order valence-electron chi connectivity index (χ2n) is 6.48. The summed E-state index contributed by atoms with van der Waals surface area (Å²) in [6.45, 7) is 6.24. The number of rotatable bonds is 9. The zero-order valence-corrected chi connectivity index (χ0v) is 15.1. The average molecular weight is 347 g/mol. The molecule has 0 spiro atoms. The van der Waals surface area contributed by atoms with Crippen LogP contribution < -0.4 is 10.1 Å². The molecule has 0 bridgehead atoms. The first kappa shape index (κ1) is 18.9. The van der Waals surface area contributed by atoms with Gasteiger partial charge in [0.05, 0.1) is 13.7 Å². The Hall–Kier alpha value is -2.41. The lowest BCUT2D eigenvalue weighted by molar-refractivity contribution is -0.149. The molecule has 0 aliphatic rings. The summed E-state index contributed by atoms with van der Waals surface area (Å²) in [4.78, 5) is 16.5. The van der Waals surface area contributed by atoms with Crippen LogP contribution in [0.1, 0.15) is 32.5 Å². The van der Waals surface area contributed by atoms with Gasteiger partial charge in [0.15, 0.2) is 5.82 Å². The highest BCUT2D eigenvalue weighted by Crippen LogP contribution is 2.14. The van der Waals surface area contributed by atoms with Gasteiger partial charge in [0.1, 0.15) is 17.9 Å². The van der Waals surface area contributed by atoms with Gasteiger partial charge in [-0.05, 0) is 25.0 Å².